The minimum Gasteiger partial charge on any atom is -0.467 e. The van der Waals surface area contributed by atoms with Gasteiger partial charge in [-0.1, -0.05) is 26.7 Å². The van der Waals surface area contributed by atoms with Crippen LogP contribution in [0.2, 0.25) is 0 Å². The third-order valence-corrected chi connectivity index (χ3v) is 4.32. The number of hydrogen-bond acceptors (Lipinski definition) is 4. The van der Waals surface area contributed by atoms with Crippen molar-refractivity contribution in [2.45, 2.75) is 45.7 Å². The highest BCUT2D eigenvalue weighted by Gasteiger charge is 2.26. The number of hydrogen-bond donors (Lipinski definition) is 1. The first-order valence-electron chi connectivity index (χ1n) is 7.01. The lowest BCUT2D eigenvalue weighted by Gasteiger charge is -2.34. The van der Waals surface area contributed by atoms with Gasteiger partial charge in [-0.25, -0.2) is 4.79 Å². The number of esters is 1. The van der Waals surface area contributed by atoms with Crippen molar-refractivity contribution in [3.8, 4) is 0 Å². The van der Waals surface area contributed by atoms with Crippen molar-refractivity contribution < 1.29 is 13.9 Å². The third kappa shape index (κ3) is 3.38. The Balaban J connectivity index is 1.88. The van der Waals surface area contributed by atoms with Crippen LogP contribution in [0.1, 0.15) is 49.2 Å². The summed E-state index contributed by atoms with van der Waals surface area (Å²) in [6.45, 7) is 5.29. The van der Waals surface area contributed by atoms with Gasteiger partial charge >= 0.3 is 5.97 Å². The molecule has 1 aliphatic rings. The predicted molar refractivity (Wildman–Crippen MR) is 72.9 cm³/mol. The molecule has 1 N–H and O–H groups in total. The van der Waals surface area contributed by atoms with Gasteiger partial charge in [0.1, 0.15) is 12.0 Å². The Labute approximate surface area is 114 Å². The molecule has 1 heterocycles. The first-order chi connectivity index (χ1) is 9.11. The predicted octanol–water partition coefficient (Wildman–Crippen LogP) is 2.98. The fraction of sp³-hybridized carbons (Fsp3) is 0.667. The molecule has 0 bridgehead atoms. The zero-order valence-electron chi connectivity index (χ0n) is 11.9. The van der Waals surface area contributed by atoms with Gasteiger partial charge in [0, 0.05) is 6.04 Å². The van der Waals surface area contributed by atoms with E-state index < -0.39 is 0 Å². The van der Waals surface area contributed by atoms with Gasteiger partial charge in [0.2, 0.25) is 0 Å². The van der Waals surface area contributed by atoms with Gasteiger partial charge in [-0.2, -0.15) is 0 Å². The fourth-order valence-corrected chi connectivity index (χ4v) is 2.80. The van der Waals surface area contributed by atoms with E-state index in [1.807, 2.05) is 0 Å². The van der Waals surface area contributed by atoms with Crippen molar-refractivity contribution in [1.29, 1.82) is 0 Å². The molecule has 1 aromatic rings. The van der Waals surface area contributed by atoms with Crippen LogP contribution in [0.4, 0.5) is 0 Å². The van der Waals surface area contributed by atoms with Gasteiger partial charge in [0.15, 0.2) is 0 Å². The third-order valence-electron chi connectivity index (χ3n) is 4.32. The Kier molecular flexibility index (Phi) is 4.64. The van der Waals surface area contributed by atoms with Gasteiger partial charge in [-0.3, -0.25) is 0 Å². The van der Waals surface area contributed by atoms with E-state index in [4.69, 9.17) is 4.42 Å². The molecule has 3 atom stereocenters. The van der Waals surface area contributed by atoms with Crippen LogP contribution in [0.15, 0.2) is 16.7 Å². The van der Waals surface area contributed by atoms with Gasteiger partial charge in [-0.15, -0.1) is 0 Å². The van der Waals surface area contributed by atoms with E-state index in [-0.39, 0.29) is 5.97 Å². The minimum absolute atomic E-state index is 0.352. The average molecular weight is 265 g/mol. The highest BCUT2D eigenvalue weighted by atomic mass is 16.5. The van der Waals surface area contributed by atoms with Crippen LogP contribution in [-0.4, -0.2) is 19.1 Å². The van der Waals surface area contributed by atoms with Gasteiger partial charge in [0.25, 0.3) is 0 Å². The fourth-order valence-electron chi connectivity index (χ4n) is 2.80. The van der Waals surface area contributed by atoms with Crippen molar-refractivity contribution in [2.75, 3.05) is 7.11 Å². The monoisotopic (exact) mass is 265 g/mol. The lowest BCUT2D eigenvalue weighted by atomic mass is 9.78. The normalized spacial score (nSPS) is 27.2. The molecule has 19 heavy (non-hydrogen) atoms. The SMILES string of the molecule is COC(=O)c1coc(CNC2CCCC(C)C2C)c1. The Bertz CT molecular complexity index is 427. The van der Waals surface area contributed by atoms with Crippen molar-refractivity contribution in [3.05, 3.63) is 23.7 Å². The quantitative estimate of drug-likeness (QED) is 0.850. The van der Waals surface area contributed by atoms with E-state index in [2.05, 4.69) is 23.9 Å². The van der Waals surface area contributed by atoms with E-state index in [1.165, 1.54) is 32.6 Å². The van der Waals surface area contributed by atoms with E-state index in [0.717, 1.165) is 11.7 Å². The molecule has 0 radical (unpaired) electrons. The molecule has 106 valence electrons. The lowest BCUT2D eigenvalue weighted by Crippen LogP contribution is -2.40. The Morgan fingerprint density at radius 2 is 2.26 bits per heavy atom. The first kappa shape index (κ1) is 14.1. The number of carbonyl (C=O) groups excluding carboxylic acids is 1. The van der Waals surface area contributed by atoms with Gasteiger partial charge in [-0.05, 0) is 24.3 Å². The van der Waals surface area contributed by atoms with Crippen LogP contribution in [0.25, 0.3) is 0 Å². The molecule has 0 spiro atoms. The van der Waals surface area contributed by atoms with Gasteiger partial charge < -0.3 is 14.5 Å². The highest BCUT2D eigenvalue weighted by molar-refractivity contribution is 5.88. The molecule has 4 heteroatoms. The largest absolute Gasteiger partial charge is 0.467 e. The van der Waals surface area contributed by atoms with E-state index in [9.17, 15) is 4.79 Å². The van der Waals surface area contributed by atoms with Crippen LogP contribution in [0.3, 0.4) is 0 Å². The summed E-state index contributed by atoms with van der Waals surface area (Å²) >= 11 is 0. The van der Waals surface area contributed by atoms with Crippen LogP contribution < -0.4 is 5.32 Å². The van der Waals surface area contributed by atoms with Crippen molar-refractivity contribution in [3.63, 3.8) is 0 Å². The number of carbonyl (C=O) groups is 1. The molecule has 0 amide bonds. The maximum absolute atomic E-state index is 11.3. The van der Waals surface area contributed by atoms with Crippen molar-refractivity contribution in [2.24, 2.45) is 11.8 Å². The van der Waals surface area contributed by atoms with E-state index in [0.29, 0.717) is 24.1 Å². The molecule has 1 aromatic heterocycles. The summed E-state index contributed by atoms with van der Waals surface area (Å²) in [5.74, 6) is 1.89. The molecule has 0 saturated heterocycles. The second-order valence-electron chi connectivity index (χ2n) is 5.55. The smallest absolute Gasteiger partial charge is 0.341 e. The van der Waals surface area contributed by atoms with Crippen LogP contribution >= 0.6 is 0 Å². The number of nitrogens with one attached hydrogen (secondary N) is 1. The molecular weight excluding hydrogens is 242 g/mol. The zero-order chi connectivity index (χ0) is 13.8. The number of ether oxygens (including phenoxy) is 1. The van der Waals surface area contributed by atoms with Crippen molar-refractivity contribution in [1.82, 2.24) is 5.32 Å². The molecule has 0 aliphatic heterocycles. The average Bonchev–Trinajstić information content (AvgIpc) is 2.88. The molecule has 0 aromatic carbocycles. The summed E-state index contributed by atoms with van der Waals surface area (Å²) in [6, 6.07) is 2.28. The topological polar surface area (TPSA) is 51.5 Å². The summed E-state index contributed by atoms with van der Waals surface area (Å²) < 4.78 is 10.0. The Morgan fingerprint density at radius 1 is 1.47 bits per heavy atom. The van der Waals surface area contributed by atoms with Crippen molar-refractivity contribution >= 4 is 5.97 Å². The molecular formula is C15H23NO3. The van der Waals surface area contributed by atoms with E-state index >= 15 is 0 Å². The molecule has 1 fully saturated rings. The van der Waals surface area contributed by atoms with E-state index in [1.54, 1.807) is 6.07 Å². The second kappa shape index (κ2) is 6.24. The molecule has 4 nitrogen and oxygen atoms in total. The molecule has 1 saturated carbocycles. The van der Waals surface area contributed by atoms with Crippen LogP contribution in [0.5, 0.6) is 0 Å². The van der Waals surface area contributed by atoms with Crippen LogP contribution in [0, 0.1) is 11.8 Å². The summed E-state index contributed by atoms with van der Waals surface area (Å²) in [5.41, 5.74) is 0.476. The van der Waals surface area contributed by atoms with Gasteiger partial charge in [0.05, 0.1) is 19.2 Å². The molecule has 1 aliphatic carbocycles. The summed E-state index contributed by atoms with van der Waals surface area (Å²) in [7, 11) is 1.37. The van der Waals surface area contributed by atoms with Crippen LogP contribution in [-0.2, 0) is 11.3 Å². The summed E-state index contributed by atoms with van der Waals surface area (Å²) in [6.07, 6.45) is 5.28. The minimum atomic E-state index is -0.352. The summed E-state index contributed by atoms with van der Waals surface area (Å²) in [4.78, 5) is 11.3. The first-order valence-corrected chi connectivity index (χ1v) is 7.01. The number of methoxy groups -OCH3 is 1. The maximum Gasteiger partial charge on any atom is 0.341 e. The molecule has 2 rings (SSSR count). The maximum atomic E-state index is 11.3. The lowest BCUT2D eigenvalue weighted by molar-refractivity contribution is 0.0600. The highest BCUT2D eigenvalue weighted by Crippen LogP contribution is 2.29. The zero-order valence-corrected chi connectivity index (χ0v) is 11.9. The summed E-state index contributed by atoms with van der Waals surface area (Å²) in [5, 5.41) is 3.54. The number of furan rings is 1. The second-order valence-corrected chi connectivity index (χ2v) is 5.55. The Hall–Kier alpha value is -1.29. The number of rotatable bonds is 4. The standard InChI is InChI=1S/C15H23NO3/c1-10-5-4-6-14(11(10)2)16-8-13-7-12(9-19-13)15(17)18-3/h7,9-11,14,16H,4-6,8H2,1-3H3. The molecule has 3 unspecified atom stereocenters. The Morgan fingerprint density at radius 3 is 3.00 bits per heavy atom.